The van der Waals surface area contributed by atoms with Crippen LogP contribution in [0.4, 0.5) is 0 Å². The zero-order valence-electron chi connectivity index (χ0n) is 8.74. The normalized spacial score (nSPS) is 25.8. The lowest BCUT2D eigenvalue weighted by Crippen LogP contribution is -2.44. The summed E-state index contributed by atoms with van der Waals surface area (Å²) >= 11 is 0. The minimum Gasteiger partial charge on any atom is -0.393 e. The van der Waals surface area contributed by atoms with Crippen molar-refractivity contribution in [3.8, 4) is 0 Å². The fourth-order valence-corrected chi connectivity index (χ4v) is 1.99. The van der Waals surface area contributed by atoms with Crippen molar-refractivity contribution in [2.24, 2.45) is 11.7 Å². The summed E-state index contributed by atoms with van der Waals surface area (Å²) in [6, 6.07) is 0.495. The van der Waals surface area contributed by atoms with Crippen LogP contribution in [0.25, 0.3) is 0 Å². The van der Waals surface area contributed by atoms with E-state index in [0.29, 0.717) is 12.0 Å². The molecule has 0 bridgehead atoms. The van der Waals surface area contributed by atoms with Crippen LogP contribution >= 0.6 is 0 Å². The van der Waals surface area contributed by atoms with Crippen molar-refractivity contribution < 1.29 is 5.11 Å². The van der Waals surface area contributed by atoms with E-state index in [-0.39, 0.29) is 6.10 Å². The summed E-state index contributed by atoms with van der Waals surface area (Å²) in [6.45, 7) is 6.98. The molecule has 1 aliphatic rings. The second-order valence-corrected chi connectivity index (χ2v) is 4.20. The van der Waals surface area contributed by atoms with E-state index >= 15 is 0 Å². The van der Waals surface area contributed by atoms with E-state index < -0.39 is 0 Å². The van der Waals surface area contributed by atoms with Gasteiger partial charge in [0.25, 0.3) is 0 Å². The summed E-state index contributed by atoms with van der Waals surface area (Å²) in [7, 11) is 0. The fraction of sp³-hybridized carbons (Fsp3) is 1.00. The summed E-state index contributed by atoms with van der Waals surface area (Å²) in [5.74, 6) is 0.501. The van der Waals surface area contributed by atoms with Crippen molar-refractivity contribution in [2.75, 3.05) is 19.6 Å². The first-order chi connectivity index (χ1) is 6.15. The van der Waals surface area contributed by atoms with E-state index in [2.05, 4.69) is 11.8 Å². The van der Waals surface area contributed by atoms with Gasteiger partial charge in [0.2, 0.25) is 0 Å². The zero-order valence-corrected chi connectivity index (χ0v) is 8.74. The molecule has 3 nitrogen and oxygen atoms in total. The largest absolute Gasteiger partial charge is 0.393 e. The second kappa shape index (κ2) is 4.94. The highest BCUT2D eigenvalue weighted by Crippen LogP contribution is 2.21. The van der Waals surface area contributed by atoms with Gasteiger partial charge in [-0.1, -0.05) is 0 Å². The first kappa shape index (κ1) is 11.0. The summed E-state index contributed by atoms with van der Waals surface area (Å²) < 4.78 is 0. The third kappa shape index (κ3) is 2.93. The fourth-order valence-electron chi connectivity index (χ4n) is 1.99. The van der Waals surface area contributed by atoms with Gasteiger partial charge in [0.05, 0.1) is 6.10 Å². The second-order valence-electron chi connectivity index (χ2n) is 4.20. The highest BCUT2D eigenvalue weighted by atomic mass is 16.3. The van der Waals surface area contributed by atoms with Gasteiger partial charge in [-0.25, -0.2) is 0 Å². The molecule has 2 unspecified atom stereocenters. The lowest BCUT2D eigenvalue weighted by atomic mass is 9.91. The number of nitrogens with zero attached hydrogens (tertiary/aromatic N) is 1. The Bertz CT molecular complexity index is 142. The van der Waals surface area contributed by atoms with Gasteiger partial charge in [0, 0.05) is 12.6 Å². The number of nitrogens with two attached hydrogens (primary N) is 1. The Hall–Kier alpha value is -0.120. The van der Waals surface area contributed by atoms with E-state index in [4.69, 9.17) is 5.73 Å². The summed E-state index contributed by atoms with van der Waals surface area (Å²) in [6.07, 6.45) is 2.08. The predicted molar refractivity (Wildman–Crippen MR) is 54.5 cm³/mol. The first-order valence-corrected chi connectivity index (χ1v) is 5.27. The van der Waals surface area contributed by atoms with Gasteiger partial charge in [-0.05, 0) is 45.7 Å². The molecule has 0 aliphatic carbocycles. The molecule has 1 aliphatic heterocycles. The molecule has 1 heterocycles. The quantitative estimate of drug-likeness (QED) is 0.672. The highest BCUT2D eigenvalue weighted by molar-refractivity contribution is 4.78. The van der Waals surface area contributed by atoms with Crippen LogP contribution in [0.2, 0.25) is 0 Å². The van der Waals surface area contributed by atoms with Crippen LogP contribution in [0, 0.1) is 5.92 Å². The minimum atomic E-state index is -0.143. The molecule has 3 N–H and O–H groups in total. The molecule has 78 valence electrons. The van der Waals surface area contributed by atoms with Crippen LogP contribution in [0.5, 0.6) is 0 Å². The average molecular weight is 186 g/mol. The lowest BCUT2D eigenvalue weighted by Gasteiger charge is -2.36. The number of hydrogen-bond donors (Lipinski definition) is 2. The van der Waals surface area contributed by atoms with Crippen LogP contribution in [0.1, 0.15) is 26.7 Å². The smallest absolute Gasteiger partial charge is 0.0541 e. The van der Waals surface area contributed by atoms with E-state index in [1.807, 2.05) is 6.92 Å². The van der Waals surface area contributed by atoms with Crippen molar-refractivity contribution in [3.63, 3.8) is 0 Å². The molecule has 0 aromatic carbocycles. The van der Waals surface area contributed by atoms with Crippen LogP contribution in [-0.4, -0.2) is 41.8 Å². The molecule has 1 rings (SSSR count). The molecule has 0 aromatic heterocycles. The van der Waals surface area contributed by atoms with Crippen LogP contribution in [-0.2, 0) is 0 Å². The Labute approximate surface area is 80.9 Å². The molecule has 3 heteroatoms. The Kier molecular flexibility index (Phi) is 4.16. The van der Waals surface area contributed by atoms with Crippen LogP contribution in [0.15, 0.2) is 0 Å². The third-order valence-electron chi connectivity index (χ3n) is 3.22. The van der Waals surface area contributed by atoms with Crippen molar-refractivity contribution in [2.45, 2.75) is 38.8 Å². The number of piperidine rings is 1. The van der Waals surface area contributed by atoms with Crippen molar-refractivity contribution in [1.29, 1.82) is 0 Å². The number of aliphatic hydroxyl groups excluding tert-OH is 1. The Balaban J connectivity index is 2.30. The molecular weight excluding hydrogens is 164 g/mol. The topological polar surface area (TPSA) is 49.5 Å². The van der Waals surface area contributed by atoms with Gasteiger partial charge in [-0.15, -0.1) is 0 Å². The monoisotopic (exact) mass is 186 g/mol. The molecule has 0 aromatic rings. The van der Waals surface area contributed by atoms with Crippen molar-refractivity contribution >= 4 is 0 Å². The molecule has 0 spiro atoms. The first-order valence-electron chi connectivity index (χ1n) is 5.27. The van der Waals surface area contributed by atoms with Gasteiger partial charge in [0.15, 0.2) is 0 Å². The van der Waals surface area contributed by atoms with E-state index in [0.717, 1.165) is 32.5 Å². The van der Waals surface area contributed by atoms with Gasteiger partial charge >= 0.3 is 0 Å². The Morgan fingerprint density at radius 2 is 1.92 bits per heavy atom. The number of likely N-dealkylation sites (tertiary alicyclic amines) is 1. The SMILES string of the molecule is CC(O)C1CCN(C(C)CN)CC1. The van der Waals surface area contributed by atoms with E-state index in [1.165, 1.54) is 0 Å². The number of rotatable bonds is 3. The summed E-state index contributed by atoms with van der Waals surface area (Å²) in [5, 5.41) is 9.42. The van der Waals surface area contributed by atoms with E-state index in [1.54, 1.807) is 0 Å². The van der Waals surface area contributed by atoms with Gasteiger partial charge in [-0.3, -0.25) is 4.90 Å². The maximum absolute atomic E-state index is 9.42. The molecule has 0 amide bonds. The van der Waals surface area contributed by atoms with Crippen molar-refractivity contribution in [1.82, 2.24) is 4.90 Å². The molecule has 1 fully saturated rings. The van der Waals surface area contributed by atoms with Gasteiger partial charge in [-0.2, -0.15) is 0 Å². The number of aliphatic hydroxyl groups is 1. The molecule has 2 atom stereocenters. The molecule has 13 heavy (non-hydrogen) atoms. The Morgan fingerprint density at radius 1 is 1.38 bits per heavy atom. The average Bonchev–Trinajstić information content (AvgIpc) is 2.17. The lowest BCUT2D eigenvalue weighted by molar-refractivity contribution is 0.0601. The van der Waals surface area contributed by atoms with Crippen molar-refractivity contribution in [3.05, 3.63) is 0 Å². The number of hydrogen-bond acceptors (Lipinski definition) is 3. The molecule has 0 radical (unpaired) electrons. The molecular formula is C10H22N2O. The maximum atomic E-state index is 9.42. The highest BCUT2D eigenvalue weighted by Gasteiger charge is 2.24. The molecule has 0 saturated carbocycles. The maximum Gasteiger partial charge on any atom is 0.0541 e. The van der Waals surface area contributed by atoms with Gasteiger partial charge in [0.1, 0.15) is 0 Å². The van der Waals surface area contributed by atoms with Crippen LogP contribution in [0.3, 0.4) is 0 Å². The minimum absolute atomic E-state index is 0.143. The van der Waals surface area contributed by atoms with E-state index in [9.17, 15) is 5.11 Å². The predicted octanol–water partition coefficient (Wildman–Crippen LogP) is 0.426. The third-order valence-corrected chi connectivity index (χ3v) is 3.22. The standard InChI is InChI=1S/C10H22N2O/c1-8(7-11)12-5-3-10(4-6-12)9(2)13/h8-10,13H,3-7,11H2,1-2H3. The summed E-state index contributed by atoms with van der Waals surface area (Å²) in [5.41, 5.74) is 5.61. The Morgan fingerprint density at radius 3 is 2.31 bits per heavy atom. The van der Waals surface area contributed by atoms with Gasteiger partial charge < -0.3 is 10.8 Å². The molecule has 1 saturated heterocycles. The summed E-state index contributed by atoms with van der Waals surface area (Å²) in [4.78, 5) is 2.42. The zero-order chi connectivity index (χ0) is 9.84. The van der Waals surface area contributed by atoms with Crippen LogP contribution < -0.4 is 5.73 Å².